The molecule has 300 valence electrons. The monoisotopic (exact) mass is 789 g/mol. The molecule has 4 aromatic rings. The lowest BCUT2D eigenvalue weighted by Gasteiger charge is -2.58. The van der Waals surface area contributed by atoms with Gasteiger partial charge in [-0.1, -0.05) is 78.7 Å². The van der Waals surface area contributed by atoms with Crippen molar-refractivity contribution in [3.63, 3.8) is 0 Å². The van der Waals surface area contributed by atoms with Crippen molar-refractivity contribution in [3.8, 4) is 17.2 Å². The smallest absolute Gasteiger partial charge is 0.231 e. The predicted octanol–water partition coefficient (Wildman–Crippen LogP) is 10.6. The van der Waals surface area contributed by atoms with Gasteiger partial charge in [0, 0.05) is 42.4 Å². The average Bonchev–Trinajstić information content (AvgIpc) is 3.25. The average molecular weight is 790 g/mol. The van der Waals surface area contributed by atoms with E-state index in [0.717, 1.165) is 108 Å². The molecule has 2 heterocycles. The summed E-state index contributed by atoms with van der Waals surface area (Å²) in [6, 6.07) is 31.2. The molecule has 57 heavy (non-hydrogen) atoms. The highest BCUT2D eigenvalue weighted by Gasteiger charge is 2.64. The number of oxime groups is 1. The van der Waals surface area contributed by atoms with E-state index in [1.807, 2.05) is 36.4 Å². The van der Waals surface area contributed by atoms with E-state index in [9.17, 15) is 10.2 Å². The van der Waals surface area contributed by atoms with Gasteiger partial charge in [-0.2, -0.15) is 0 Å². The van der Waals surface area contributed by atoms with Gasteiger partial charge >= 0.3 is 0 Å². The Kier molecular flexibility index (Phi) is 13.0. The zero-order chi connectivity index (χ0) is 39.0. The van der Waals surface area contributed by atoms with Gasteiger partial charge in [0.1, 0.15) is 17.2 Å². The fourth-order valence-corrected chi connectivity index (χ4v) is 10.7. The number of aliphatic hydroxyl groups excluding tert-OH is 2. The summed E-state index contributed by atoms with van der Waals surface area (Å²) in [6.07, 6.45) is 12.4. The zero-order valence-electron chi connectivity index (χ0n) is 32.7. The minimum absolute atomic E-state index is 0.0353. The quantitative estimate of drug-likeness (QED) is 0.0620. The minimum atomic E-state index is -1.06. The van der Waals surface area contributed by atoms with Crippen LogP contribution in [0, 0.1) is 17.8 Å². The van der Waals surface area contributed by atoms with Crippen LogP contribution in [0.4, 0.5) is 0 Å². The summed E-state index contributed by atoms with van der Waals surface area (Å²) in [6.45, 7) is 5.37. The molecule has 1 saturated heterocycles. The summed E-state index contributed by atoms with van der Waals surface area (Å²) < 4.78 is 27.1. The first kappa shape index (κ1) is 39.7. The summed E-state index contributed by atoms with van der Waals surface area (Å²) in [4.78, 5) is 7.39. The molecule has 4 aromatic carbocycles. The third kappa shape index (κ3) is 8.69. The molecule has 0 bridgehead atoms. The number of ether oxygens (including phenoxy) is 4. The number of thioether (sulfide) groups is 1. The van der Waals surface area contributed by atoms with Crippen molar-refractivity contribution in [1.29, 1.82) is 0 Å². The maximum absolute atomic E-state index is 9.97. The molecule has 0 aromatic heterocycles. The Hall–Kier alpha value is -4.12. The number of hydrogen-bond acceptors (Lipinski definition) is 9. The van der Waals surface area contributed by atoms with Crippen molar-refractivity contribution >= 4 is 28.2 Å². The van der Waals surface area contributed by atoms with Crippen LogP contribution in [0.25, 0.3) is 10.8 Å². The summed E-state index contributed by atoms with van der Waals surface area (Å²) in [5, 5.41) is 26.9. The van der Waals surface area contributed by atoms with Crippen molar-refractivity contribution in [3.05, 3.63) is 121 Å². The van der Waals surface area contributed by atoms with Gasteiger partial charge in [0.15, 0.2) is 0 Å². The van der Waals surface area contributed by atoms with Gasteiger partial charge in [0.2, 0.25) is 12.1 Å². The highest BCUT2D eigenvalue weighted by atomic mass is 32.2. The molecule has 0 radical (unpaired) electrons. The lowest BCUT2D eigenvalue weighted by Crippen LogP contribution is -2.64. The Balaban J connectivity index is 1.28. The van der Waals surface area contributed by atoms with Crippen LogP contribution in [0.5, 0.6) is 17.2 Å². The maximum Gasteiger partial charge on any atom is 0.231 e. The van der Waals surface area contributed by atoms with E-state index in [0.29, 0.717) is 19.6 Å². The van der Waals surface area contributed by atoms with Crippen LogP contribution in [0.2, 0.25) is 0 Å². The SMILES string of the molecule is C=CCOC12Oc3ccc(Oc4ccc5ccccc5c4)cc3C3C(CCCCO)C(CCCCO)C=C(C(=NOC4CCCCO4)CC1Sc1ccccc1)C32. The molecule has 7 unspecified atom stereocenters. The zero-order valence-corrected chi connectivity index (χ0v) is 33.5. The van der Waals surface area contributed by atoms with E-state index in [4.69, 9.17) is 28.9 Å². The Morgan fingerprint density at radius 3 is 2.42 bits per heavy atom. The maximum atomic E-state index is 9.97. The molecular weight excluding hydrogens is 735 g/mol. The first-order valence-electron chi connectivity index (χ1n) is 20.8. The van der Waals surface area contributed by atoms with Gasteiger partial charge in [-0.25, -0.2) is 0 Å². The second-order valence-electron chi connectivity index (χ2n) is 15.7. The Morgan fingerprint density at radius 2 is 1.63 bits per heavy atom. The molecule has 2 fully saturated rings. The van der Waals surface area contributed by atoms with E-state index in [1.54, 1.807) is 11.8 Å². The van der Waals surface area contributed by atoms with Gasteiger partial charge in [-0.15, -0.1) is 18.3 Å². The fourth-order valence-electron chi connectivity index (χ4n) is 9.44. The molecule has 2 N–H and O–H groups in total. The molecule has 8 rings (SSSR count). The van der Waals surface area contributed by atoms with Gasteiger partial charge in [0.25, 0.3) is 0 Å². The van der Waals surface area contributed by atoms with Crippen LogP contribution in [0.3, 0.4) is 0 Å². The van der Waals surface area contributed by atoms with Crippen LogP contribution in [0.1, 0.15) is 75.7 Å². The second-order valence-corrected chi connectivity index (χ2v) is 17.0. The van der Waals surface area contributed by atoms with Gasteiger partial charge in [-0.05, 0) is 109 Å². The van der Waals surface area contributed by atoms with E-state index in [-0.39, 0.29) is 48.4 Å². The topological polar surface area (TPSA) is 99.0 Å². The predicted molar refractivity (Wildman–Crippen MR) is 226 cm³/mol. The van der Waals surface area contributed by atoms with Crippen molar-refractivity contribution in [2.75, 3.05) is 26.4 Å². The summed E-state index contributed by atoms with van der Waals surface area (Å²) in [5.74, 6) is 1.35. The second kappa shape index (κ2) is 18.6. The normalized spacial score (nSPS) is 27.2. The Morgan fingerprint density at radius 1 is 0.860 bits per heavy atom. The number of benzene rings is 4. The number of rotatable bonds is 17. The highest BCUT2D eigenvalue weighted by Crippen LogP contribution is 2.63. The summed E-state index contributed by atoms with van der Waals surface area (Å²) in [7, 11) is 0. The Bertz CT molecular complexity index is 2030. The van der Waals surface area contributed by atoms with Crippen molar-refractivity contribution in [2.24, 2.45) is 22.9 Å². The molecule has 7 atom stereocenters. The third-order valence-corrected chi connectivity index (χ3v) is 13.3. The van der Waals surface area contributed by atoms with Gasteiger partial charge < -0.3 is 34.0 Å². The number of allylic oxidation sites excluding steroid dienone is 1. The van der Waals surface area contributed by atoms with Crippen LogP contribution in [-0.4, -0.2) is 59.7 Å². The number of nitrogens with zero attached hydrogens (tertiary/aromatic N) is 1. The van der Waals surface area contributed by atoms with Crippen LogP contribution < -0.4 is 9.47 Å². The first-order valence-corrected chi connectivity index (χ1v) is 21.7. The summed E-state index contributed by atoms with van der Waals surface area (Å²) in [5.41, 5.74) is 3.09. The molecule has 9 heteroatoms. The molecule has 4 aliphatic rings. The summed E-state index contributed by atoms with van der Waals surface area (Å²) >= 11 is 1.76. The van der Waals surface area contributed by atoms with E-state index >= 15 is 0 Å². The van der Waals surface area contributed by atoms with Crippen LogP contribution in [-0.2, 0) is 14.3 Å². The number of aliphatic hydroxyl groups is 2. The van der Waals surface area contributed by atoms with Crippen molar-refractivity contribution in [1.82, 2.24) is 0 Å². The minimum Gasteiger partial charge on any atom is -0.460 e. The van der Waals surface area contributed by atoms with Crippen molar-refractivity contribution < 1.29 is 34.0 Å². The standard InChI is InChI=1S/C48H55NO7S/c1-2-27-53-48-44(57-38-17-4-3-5-18-38)32-42(49-56-45-20-10-13-28-52-45)40-30-35(16-8-11-25-50)39(19-9-12-26-51)46(47(40)48)41-31-37(23-24-43(41)55-48)54-36-22-21-33-14-6-7-15-34(33)29-36/h2-7,14-15,17-18,21-24,29-31,35,39,44-47,50-51H,1,8-13,16,19-20,25-28,32H2. The van der Waals surface area contributed by atoms with E-state index in [1.165, 1.54) is 0 Å². The number of hydrogen-bond donors (Lipinski definition) is 2. The molecule has 1 saturated carbocycles. The fraction of sp³-hybridized carbons (Fsp3) is 0.438. The van der Waals surface area contributed by atoms with Crippen molar-refractivity contribution in [2.45, 2.75) is 92.3 Å². The lowest BCUT2D eigenvalue weighted by molar-refractivity contribution is -0.223. The number of fused-ring (bicyclic) bond motifs is 3. The molecule has 0 spiro atoms. The number of unbranched alkanes of at least 4 members (excludes halogenated alkanes) is 2. The van der Waals surface area contributed by atoms with Crippen LogP contribution in [0.15, 0.2) is 125 Å². The van der Waals surface area contributed by atoms with E-state index < -0.39 is 5.79 Å². The van der Waals surface area contributed by atoms with E-state index in [2.05, 4.69) is 73.3 Å². The molecule has 8 nitrogen and oxygen atoms in total. The van der Waals surface area contributed by atoms with Gasteiger partial charge in [0.05, 0.1) is 30.1 Å². The lowest BCUT2D eigenvalue weighted by atomic mass is 9.56. The molecule has 0 amide bonds. The first-order chi connectivity index (χ1) is 28.1. The highest BCUT2D eigenvalue weighted by molar-refractivity contribution is 8.00. The Labute approximate surface area is 340 Å². The molecular formula is C48H55NO7S. The molecule has 2 aliphatic heterocycles. The molecule has 2 aliphatic carbocycles. The third-order valence-electron chi connectivity index (χ3n) is 12.0. The van der Waals surface area contributed by atoms with Crippen LogP contribution >= 0.6 is 11.8 Å². The van der Waals surface area contributed by atoms with Gasteiger partial charge in [-0.3, -0.25) is 0 Å². The largest absolute Gasteiger partial charge is 0.460 e.